The van der Waals surface area contributed by atoms with Crippen molar-refractivity contribution in [3.63, 3.8) is 0 Å². The van der Waals surface area contributed by atoms with Crippen molar-refractivity contribution in [3.8, 4) is 11.5 Å². The van der Waals surface area contributed by atoms with Crippen LogP contribution in [0.3, 0.4) is 0 Å². The molecule has 25 heavy (non-hydrogen) atoms. The van der Waals surface area contributed by atoms with E-state index in [1.54, 1.807) is 22.1 Å². The fourth-order valence-corrected chi connectivity index (χ4v) is 3.75. The molecule has 7 nitrogen and oxygen atoms in total. The Balaban J connectivity index is 1.45. The van der Waals surface area contributed by atoms with Crippen LogP contribution in [0.1, 0.15) is 10.8 Å². The van der Waals surface area contributed by atoms with Crippen LogP contribution in [-0.4, -0.2) is 30.4 Å². The van der Waals surface area contributed by atoms with Crippen molar-refractivity contribution in [2.24, 2.45) is 0 Å². The summed E-state index contributed by atoms with van der Waals surface area (Å²) in [6.45, 7) is 0.641. The topological polar surface area (TPSA) is 82.5 Å². The van der Waals surface area contributed by atoms with E-state index in [4.69, 9.17) is 16.0 Å². The van der Waals surface area contributed by atoms with E-state index < -0.39 is 0 Å². The summed E-state index contributed by atoms with van der Waals surface area (Å²) in [6.07, 6.45) is 0. The Kier molecular flexibility index (Phi) is 4.77. The average Bonchev–Trinajstić information content (AvgIpc) is 3.36. The maximum absolute atomic E-state index is 6.15. The molecule has 0 unspecified atom stereocenters. The molecule has 0 spiro atoms. The predicted octanol–water partition coefficient (Wildman–Crippen LogP) is 3.78. The molecule has 0 aliphatic heterocycles. The summed E-state index contributed by atoms with van der Waals surface area (Å²) in [5, 5.41) is 23.2. The van der Waals surface area contributed by atoms with Crippen molar-refractivity contribution in [2.45, 2.75) is 17.5 Å². The summed E-state index contributed by atoms with van der Waals surface area (Å²) in [5.41, 5.74) is 0.718. The maximum atomic E-state index is 6.15. The number of rotatable bonds is 6. The molecule has 0 aliphatic rings. The van der Waals surface area contributed by atoms with Gasteiger partial charge in [0.15, 0.2) is 0 Å². The van der Waals surface area contributed by atoms with Crippen LogP contribution in [-0.2, 0) is 12.3 Å². The van der Waals surface area contributed by atoms with Gasteiger partial charge in [-0.05, 0) is 34.0 Å². The van der Waals surface area contributed by atoms with Gasteiger partial charge in [0.1, 0.15) is 0 Å². The summed E-state index contributed by atoms with van der Waals surface area (Å²) >= 11 is 9.26. The standard InChI is InChI=1S/C15H11ClN6OS2/c16-12-6-2-1-5-11(12)14-18-17-13(23-14)9-25-15-19-20-21-22(15)8-10-4-3-7-24-10/h1-7H,8-9H2. The molecule has 1 aromatic carbocycles. The second-order valence-electron chi connectivity index (χ2n) is 4.97. The van der Waals surface area contributed by atoms with Gasteiger partial charge in [0, 0.05) is 4.88 Å². The minimum atomic E-state index is 0.402. The van der Waals surface area contributed by atoms with Gasteiger partial charge >= 0.3 is 0 Å². The van der Waals surface area contributed by atoms with Crippen LogP contribution in [0.25, 0.3) is 11.5 Å². The van der Waals surface area contributed by atoms with Crippen LogP contribution in [0.2, 0.25) is 5.02 Å². The second kappa shape index (κ2) is 7.34. The Hall–Kier alpha value is -2.23. The summed E-state index contributed by atoms with van der Waals surface area (Å²) in [4.78, 5) is 1.19. The third kappa shape index (κ3) is 3.73. The van der Waals surface area contributed by atoms with Crippen molar-refractivity contribution < 1.29 is 4.42 Å². The summed E-state index contributed by atoms with van der Waals surface area (Å²) < 4.78 is 7.44. The molecule has 126 valence electrons. The molecule has 0 saturated carbocycles. The van der Waals surface area contributed by atoms with Crippen LogP contribution in [0.15, 0.2) is 51.4 Å². The van der Waals surface area contributed by atoms with E-state index in [9.17, 15) is 0 Å². The number of thiophene rings is 1. The zero-order valence-corrected chi connectivity index (χ0v) is 15.1. The fraction of sp³-hybridized carbons (Fsp3) is 0.133. The van der Waals surface area contributed by atoms with Crippen LogP contribution in [0, 0.1) is 0 Å². The highest BCUT2D eigenvalue weighted by Crippen LogP contribution is 2.28. The van der Waals surface area contributed by atoms with Gasteiger partial charge < -0.3 is 4.42 Å². The Morgan fingerprint density at radius 3 is 2.88 bits per heavy atom. The molecule has 0 atom stereocenters. The highest BCUT2D eigenvalue weighted by atomic mass is 35.5. The zero-order valence-electron chi connectivity index (χ0n) is 12.7. The van der Waals surface area contributed by atoms with Crippen molar-refractivity contribution in [1.82, 2.24) is 30.4 Å². The van der Waals surface area contributed by atoms with Crippen molar-refractivity contribution in [2.75, 3.05) is 0 Å². The normalized spacial score (nSPS) is 11.1. The molecule has 10 heteroatoms. The second-order valence-corrected chi connectivity index (χ2v) is 7.35. The quantitative estimate of drug-likeness (QED) is 0.463. The molecule has 0 N–H and O–H groups in total. The Labute approximate surface area is 156 Å². The number of hydrogen-bond acceptors (Lipinski definition) is 8. The van der Waals surface area contributed by atoms with E-state index >= 15 is 0 Å². The van der Waals surface area contributed by atoms with Crippen molar-refractivity contribution in [3.05, 3.63) is 57.6 Å². The lowest BCUT2D eigenvalue weighted by atomic mass is 10.2. The molecular formula is C15H11ClN6OS2. The van der Waals surface area contributed by atoms with Crippen LogP contribution in [0.5, 0.6) is 0 Å². The summed E-state index contributed by atoms with van der Waals surface area (Å²) in [6, 6.07) is 11.4. The molecule has 0 amide bonds. The number of hydrogen-bond donors (Lipinski definition) is 0. The van der Waals surface area contributed by atoms with Gasteiger partial charge in [0.2, 0.25) is 16.9 Å². The molecule has 4 aromatic rings. The fourth-order valence-electron chi connectivity index (χ4n) is 2.13. The third-order valence-corrected chi connectivity index (χ3v) is 5.41. The molecule has 0 bridgehead atoms. The number of tetrazole rings is 1. The lowest BCUT2D eigenvalue weighted by Gasteiger charge is -2.01. The molecule has 0 saturated heterocycles. The van der Waals surface area contributed by atoms with E-state index in [2.05, 4.69) is 31.8 Å². The maximum Gasteiger partial charge on any atom is 0.249 e. The smallest absolute Gasteiger partial charge is 0.249 e. The van der Waals surface area contributed by atoms with Gasteiger partial charge in [-0.1, -0.05) is 41.6 Å². The highest BCUT2D eigenvalue weighted by Gasteiger charge is 2.14. The third-order valence-electron chi connectivity index (χ3n) is 3.28. The first-order valence-corrected chi connectivity index (χ1v) is 9.52. The molecular weight excluding hydrogens is 380 g/mol. The molecule has 4 rings (SSSR count). The van der Waals surface area contributed by atoms with Gasteiger partial charge in [-0.2, -0.15) is 0 Å². The first kappa shape index (κ1) is 16.2. The van der Waals surface area contributed by atoms with Gasteiger partial charge in [0.05, 0.1) is 22.9 Å². The average molecular weight is 391 g/mol. The van der Waals surface area contributed by atoms with E-state index in [-0.39, 0.29) is 0 Å². The van der Waals surface area contributed by atoms with Gasteiger partial charge in [-0.25, -0.2) is 4.68 Å². The molecule has 0 aliphatic carbocycles. The predicted molar refractivity (Wildman–Crippen MR) is 95.5 cm³/mol. The number of halogens is 1. The van der Waals surface area contributed by atoms with Gasteiger partial charge in [0.25, 0.3) is 0 Å². The first-order valence-electron chi connectivity index (χ1n) is 7.28. The largest absolute Gasteiger partial charge is 0.420 e. The number of benzene rings is 1. The van der Waals surface area contributed by atoms with E-state index in [0.717, 1.165) is 5.56 Å². The van der Waals surface area contributed by atoms with Crippen LogP contribution in [0.4, 0.5) is 0 Å². The lowest BCUT2D eigenvalue weighted by Crippen LogP contribution is -2.02. The minimum Gasteiger partial charge on any atom is -0.420 e. The summed E-state index contributed by atoms with van der Waals surface area (Å²) in [7, 11) is 0. The lowest BCUT2D eigenvalue weighted by molar-refractivity contribution is 0.528. The number of thioether (sulfide) groups is 1. The molecule has 3 heterocycles. The van der Waals surface area contributed by atoms with E-state index in [1.807, 2.05) is 29.6 Å². The summed E-state index contributed by atoms with van der Waals surface area (Å²) in [5.74, 6) is 1.37. The number of nitrogens with zero attached hydrogens (tertiary/aromatic N) is 6. The first-order chi connectivity index (χ1) is 12.3. The van der Waals surface area contributed by atoms with E-state index in [1.165, 1.54) is 16.6 Å². The number of aromatic nitrogens is 6. The highest BCUT2D eigenvalue weighted by molar-refractivity contribution is 7.98. The van der Waals surface area contributed by atoms with Crippen LogP contribution >= 0.6 is 34.7 Å². The SMILES string of the molecule is Clc1ccccc1-c1nnc(CSc2nnnn2Cc2cccs2)o1. The Bertz CT molecular complexity index is 968. The Morgan fingerprint density at radius 2 is 2.04 bits per heavy atom. The zero-order chi connectivity index (χ0) is 17.1. The van der Waals surface area contributed by atoms with Crippen LogP contribution < -0.4 is 0 Å². The van der Waals surface area contributed by atoms with Gasteiger partial charge in [-0.15, -0.1) is 26.6 Å². The molecule has 3 aromatic heterocycles. The van der Waals surface area contributed by atoms with Gasteiger partial charge in [-0.3, -0.25) is 0 Å². The van der Waals surface area contributed by atoms with Crippen molar-refractivity contribution in [1.29, 1.82) is 0 Å². The molecule has 0 radical (unpaired) electrons. The molecule has 0 fully saturated rings. The van der Waals surface area contributed by atoms with E-state index in [0.29, 0.717) is 34.3 Å². The van der Waals surface area contributed by atoms with Crippen molar-refractivity contribution >= 4 is 34.7 Å². The minimum absolute atomic E-state index is 0.402. The monoisotopic (exact) mass is 390 g/mol. The Morgan fingerprint density at radius 1 is 1.12 bits per heavy atom.